The van der Waals surface area contributed by atoms with E-state index in [2.05, 4.69) is 22.8 Å². The highest BCUT2D eigenvalue weighted by atomic mass is 16.5. The van der Waals surface area contributed by atoms with Gasteiger partial charge in [-0.05, 0) is 45.4 Å². The number of amides is 2. The highest BCUT2D eigenvalue weighted by Gasteiger charge is 2.26. The second-order valence-corrected chi connectivity index (χ2v) is 5.56. The van der Waals surface area contributed by atoms with E-state index >= 15 is 0 Å². The van der Waals surface area contributed by atoms with Crippen LogP contribution in [-0.4, -0.2) is 30.7 Å². The molecule has 5 nitrogen and oxygen atoms in total. The van der Waals surface area contributed by atoms with Crippen molar-refractivity contribution in [3.8, 4) is 0 Å². The van der Waals surface area contributed by atoms with E-state index in [1.54, 1.807) is 6.92 Å². The predicted molar refractivity (Wildman–Crippen MR) is 76.2 cm³/mol. The topological polar surface area (TPSA) is 67.4 Å². The number of nitrogens with one attached hydrogen (secondary N) is 2. The van der Waals surface area contributed by atoms with Crippen LogP contribution in [-0.2, 0) is 9.53 Å². The Hall–Kier alpha value is -1.52. The van der Waals surface area contributed by atoms with Crippen LogP contribution in [0.1, 0.15) is 45.4 Å². The summed E-state index contributed by atoms with van der Waals surface area (Å²) in [6, 6.07) is 0.429. The molecule has 0 aliphatic heterocycles. The Labute approximate surface area is 120 Å². The summed E-state index contributed by atoms with van der Waals surface area (Å²) in [6.45, 7) is 2.19. The van der Waals surface area contributed by atoms with Crippen molar-refractivity contribution in [2.45, 2.75) is 57.5 Å². The third kappa shape index (κ3) is 4.25. The number of carbonyl (C=O) groups excluding carboxylic acids is 2. The van der Waals surface area contributed by atoms with Crippen molar-refractivity contribution < 1.29 is 14.3 Å². The summed E-state index contributed by atoms with van der Waals surface area (Å²) in [5.41, 5.74) is 0. The van der Waals surface area contributed by atoms with Gasteiger partial charge in [0, 0.05) is 18.0 Å². The fraction of sp³-hybridized carbons (Fsp3) is 0.733. The number of alkyl carbamates (subject to hydrolysis) is 1. The maximum Gasteiger partial charge on any atom is 0.407 e. The van der Waals surface area contributed by atoms with Crippen LogP contribution < -0.4 is 10.6 Å². The summed E-state index contributed by atoms with van der Waals surface area (Å²) in [6.07, 6.45) is 9.18. The monoisotopic (exact) mass is 280 g/mol. The molecule has 1 fully saturated rings. The summed E-state index contributed by atoms with van der Waals surface area (Å²) in [4.78, 5) is 23.4. The first-order valence-electron chi connectivity index (χ1n) is 7.57. The van der Waals surface area contributed by atoms with Crippen LogP contribution >= 0.6 is 0 Å². The van der Waals surface area contributed by atoms with Crippen LogP contribution in [0.4, 0.5) is 4.79 Å². The summed E-state index contributed by atoms with van der Waals surface area (Å²) < 4.78 is 4.88. The fourth-order valence-corrected chi connectivity index (χ4v) is 2.87. The summed E-state index contributed by atoms with van der Waals surface area (Å²) >= 11 is 0. The molecule has 0 radical (unpaired) electrons. The number of carbonyl (C=O) groups is 2. The molecule has 2 aliphatic rings. The standard InChI is InChI=1S/C15H24N2O3/c1-2-20-15(19)17-13-9-7-12(8-10-13)16-14(18)11-5-3-4-6-11/h3-4,11-13H,2,5-10H2,1H3,(H,16,18)(H,17,19). The molecule has 1 saturated carbocycles. The number of hydrogen-bond acceptors (Lipinski definition) is 3. The molecule has 0 aromatic carbocycles. The highest BCUT2D eigenvalue weighted by Crippen LogP contribution is 2.22. The summed E-state index contributed by atoms with van der Waals surface area (Å²) in [5, 5.41) is 6.00. The first-order chi connectivity index (χ1) is 9.69. The van der Waals surface area contributed by atoms with E-state index in [9.17, 15) is 9.59 Å². The minimum Gasteiger partial charge on any atom is -0.450 e. The van der Waals surface area contributed by atoms with Gasteiger partial charge in [0.25, 0.3) is 0 Å². The second kappa shape index (κ2) is 7.31. The molecule has 0 unspecified atom stereocenters. The van der Waals surface area contributed by atoms with E-state index in [0.29, 0.717) is 6.61 Å². The Morgan fingerprint density at radius 2 is 1.60 bits per heavy atom. The molecule has 0 spiro atoms. The van der Waals surface area contributed by atoms with Crippen LogP contribution in [0.15, 0.2) is 12.2 Å². The fourth-order valence-electron chi connectivity index (χ4n) is 2.87. The third-order valence-electron chi connectivity index (χ3n) is 4.05. The van der Waals surface area contributed by atoms with Gasteiger partial charge in [-0.2, -0.15) is 0 Å². The first kappa shape index (κ1) is 14.9. The van der Waals surface area contributed by atoms with Crippen LogP contribution in [0.25, 0.3) is 0 Å². The second-order valence-electron chi connectivity index (χ2n) is 5.56. The van der Waals surface area contributed by atoms with Gasteiger partial charge in [-0.15, -0.1) is 0 Å². The Morgan fingerprint density at radius 1 is 1.05 bits per heavy atom. The minimum absolute atomic E-state index is 0.130. The molecule has 112 valence electrons. The molecule has 20 heavy (non-hydrogen) atoms. The number of hydrogen-bond donors (Lipinski definition) is 2. The van der Waals surface area contributed by atoms with Gasteiger partial charge < -0.3 is 15.4 Å². The molecule has 0 saturated heterocycles. The minimum atomic E-state index is -0.336. The average Bonchev–Trinajstić information content (AvgIpc) is 2.95. The van der Waals surface area contributed by atoms with Gasteiger partial charge in [0.1, 0.15) is 0 Å². The van der Waals surface area contributed by atoms with Crippen molar-refractivity contribution in [3.05, 3.63) is 12.2 Å². The lowest BCUT2D eigenvalue weighted by Crippen LogP contribution is -2.45. The number of rotatable bonds is 4. The number of ether oxygens (including phenoxy) is 1. The van der Waals surface area contributed by atoms with Crippen molar-refractivity contribution in [1.82, 2.24) is 10.6 Å². The Balaban J connectivity index is 1.66. The average molecular weight is 280 g/mol. The zero-order valence-corrected chi connectivity index (χ0v) is 12.1. The number of allylic oxidation sites excluding steroid dienone is 2. The van der Waals surface area contributed by atoms with Gasteiger partial charge in [0.2, 0.25) is 5.91 Å². The normalized spacial score (nSPS) is 26.2. The Kier molecular flexibility index (Phi) is 5.44. The third-order valence-corrected chi connectivity index (χ3v) is 4.05. The van der Waals surface area contributed by atoms with Gasteiger partial charge in [0.05, 0.1) is 6.61 Å². The lowest BCUT2D eigenvalue weighted by Gasteiger charge is -2.30. The molecule has 2 rings (SSSR count). The quantitative estimate of drug-likeness (QED) is 0.775. The van der Waals surface area contributed by atoms with Crippen LogP contribution in [0, 0.1) is 5.92 Å². The van der Waals surface area contributed by atoms with Crippen molar-refractivity contribution in [2.75, 3.05) is 6.61 Å². The van der Waals surface area contributed by atoms with Crippen LogP contribution in [0.5, 0.6) is 0 Å². The van der Waals surface area contributed by atoms with Crippen molar-refractivity contribution >= 4 is 12.0 Å². The van der Waals surface area contributed by atoms with E-state index in [0.717, 1.165) is 38.5 Å². The highest BCUT2D eigenvalue weighted by molar-refractivity contribution is 5.79. The van der Waals surface area contributed by atoms with Gasteiger partial charge >= 0.3 is 6.09 Å². The van der Waals surface area contributed by atoms with E-state index < -0.39 is 0 Å². The lowest BCUT2D eigenvalue weighted by atomic mass is 9.90. The molecule has 2 N–H and O–H groups in total. The molecule has 2 amide bonds. The maximum atomic E-state index is 12.0. The molecular weight excluding hydrogens is 256 g/mol. The van der Waals surface area contributed by atoms with E-state index in [4.69, 9.17) is 4.74 Å². The van der Waals surface area contributed by atoms with E-state index in [1.165, 1.54) is 0 Å². The summed E-state index contributed by atoms with van der Waals surface area (Å²) in [7, 11) is 0. The summed E-state index contributed by atoms with van der Waals surface area (Å²) in [5.74, 6) is 0.308. The van der Waals surface area contributed by atoms with Crippen molar-refractivity contribution in [3.63, 3.8) is 0 Å². The molecule has 0 bridgehead atoms. The molecule has 0 aromatic rings. The zero-order valence-electron chi connectivity index (χ0n) is 12.1. The Morgan fingerprint density at radius 3 is 2.15 bits per heavy atom. The molecule has 5 heteroatoms. The Bertz CT molecular complexity index is 365. The maximum absolute atomic E-state index is 12.0. The predicted octanol–water partition coefficient (Wildman–Crippen LogP) is 2.13. The van der Waals surface area contributed by atoms with Crippen LogP contribution in [0.3, 0.4) is 0 Å². The molecule has 0 heterocycles. The van der Waals surface area contributed by atoms with Gasteiger partial charge in [-0.1, -0.05) is 12.2 Å². The van der Waals surface area contributed by atoms with Crippen molar-refractivity contribution in [2.24, 2.45) is 5.92 Å². The van der Waals surface area contributed by atoms with Gasteiger partial charge in [0.15, 0.2) is 0 Å². The smallest absolute Gasteiger partial charge is 0.407 e. The van der Waals surface area contributed by atoms with E-state index in [1.807, 2.05) is 0 Å². The lowest BCUT2D eigenvalue weighted by molar-refractivity contribution is -0.125. The first-order valence-corrected chi connectivity index (χ1v) is 7.57. The molecular formula is C15H24N2O3. The largest absolute Gasteiger partial charge is 0.450 e. The molecule has 0 atom stereocenters. The van der Waals surface area contributed by atoms with Gasteiger partial charge in [-0.3, -0.25) is 4.79 Å². The van der Waals surface area contributed by atoms with Gasteiger partial charge in [-0.25, -0.2) is 4.79 Å². The van der Waals surface area contributed by atoms with Crippen LogP contribution in [0.2, 0.25) is 0 Å². The molecule has 0 aromatic heterocycles. The van der Waals surface area contributed by atoms with Crippen molar-refractivity contribution in [1.29, 1.82) is 0 Å². The SMILES string of the molecule is CCOC(=O)NC1CCC(NC(=O)C2CC=CC2)CC1. The van der Waals surface area contributed by atoms with E-state index in [-0.39, 0.29) is 30.0 Å². The molecule has 2 aliphatic carbocycles. The zero-order chi connectivity index (χ0) is 14.4.